The van der Waals surface area contributed by atoms with Gasteiger partial charge in [-0.15, -0.1) is 6.58 Å². The molecule has 1 aliphatic carbocycles. The summed E-state index contributed by atoms with van der Waals surface area (Å²) >= 11 is 6.28. The maximum absolute atomic E-state index is 12.7. The van der Waals surface area contributed by atoms with E-state index in [-0.39, 0.29) is 11.9 Å². The molecule has 5 heteroatoms. The Bertz CT molecular complexity index is 628. The number of carbonyl (C=O) groups excluding carboxylic acids is 2. The molecule has 1 fully saturated rings. The van der Waals surface area contributed by atoms with Crippen LogP contribution in [0.15, 0.2) is 30.9 Å². The average Bonchev–Trinajstić information content (AvgIpc) is 3.14. The predicted octanol–water partition coefficient (Wildman–Crippen LogP) is 2.30. The van der Waals surface area contributed by atoms with Gasteiger partial charge in [0.1, 0.15) is 0 Å². The van der Waals surface area contributed by atoms with Gasteiger partial charge in [-0.3, -0.25) is 9.59 Å². The van der Waals surface area contributed by atoms with E-state index in [2.05, 4.69) is 6.58 Å². The third-order valence-electron chi connectivity index (χ3n) is 4.11. The molecule has 1 aromatic carbocycles. The molecule has 4 nitrogen and oxygen atoms in total. The van der Waals surface area contributed by atoms with E-state index in [4.69, 9.17) is 16.3 Å². The highest BCUT2D eigenvalue weighted by Crippen LogP contribution is 2.63. The van der Waals surface area contributed by atoms with E-state index in [0.29, 0.717) is 18.0 Å². The third-order valence-corrected chi connectivity index (χ3v) is 4.43. The fourth-order valence-electron chi connectivity index (χ4n) is 3.15. The van der Waals surface area contributed by atoms with Crippen molar-refractivity contribution < 1.29 is 14.3 Å². The van der Waals surface area contributed by atoms with Crippen LogP contribution in [0.25, 0.3) is 0 Å². The molecule has 1 aromatic rings. The van der Waals surface area contributed by atoms with Crippen LogP contribution < -0.4 is 4.90 Å². The van der Waals surface area contributed by atoms with E-state index in [9.17, 15) is 9.59 Å². The topological polar surface area (TPSA) is 46.6 Å². The molecule has 1 spiro atoms. The number of hydrogen-bond acceptors (Lipinski definition) is 3. The van der Waals surface area contributed by atoms with Gasteiger partial charge >= 0.3 is 5.97 Å². The number of methoxy groups -OCH3 is 1. The van der Waals surface area contributed by atoms with Crippen molar-refractivity contribution in [3.8, 4) is 0 Å². The third kappa shape index (κ3) is 1.48. The zero-order chi connectivity index (χ0) is 14.5. The van der Waals surface area contributed by atoms with Crippen molar-refractivity contribution in [3.63, 3.8) is 0 Å². The van der Waals surface area contributed by atoms with Crippen molar-refractivity contribution in [2.45, 2.75) is 11.8 Å². The van der Waals surface area contributed by atoms with E-state index < -0.39 is 11.3 Å². The number of benzene rings is 1. The summed E-state index contributed by atoms with van der Waals surface area (Å²) in [5.41, 5.74) is 0.696. The van der Waals surface area contributed by atoms with Crippen LogP contribution in [0.1, 0.15) is 12.0 Å². The molecular formula is C15H14ClNO3. The first-order valence-corrected chi connectivity index (χ1v) is 6.75. The van der Waals surface area contributed by atoms with E-state index in [1.165, 1.54) is 7.11 Å². The average molecular weight is 292 g/mol. The zero-order valence-corrected chi connectivity index (χ0v) is 11.8. The molecule has 0 radical (unpaired) electrons. The number of nitrogens with zero attached hydrogens (tertiary/aromatic N) is 1. The molecule has 2 atom stereocenters. The largest absolute Gasteiger partial charge is 0.469 e. The van der Waals surface area contributed by atoms with Crippen molar-refractivity contribution in [1.29, 1.82) is 0 Å². The Hall–Kier alpha value is -1.81. The van der Waals surface area contributed by atoms with Gasteiger partial charge in [-0.1, -0.05) is 23.7 Å². The summed E-state index contributed by atoms with van der Waals surface area (Å²) in [6.07, 6.45) is 2.13. The maximum atomic E-state index is 12.7. The summed E-state index contributed by atoms with van der Waals surface area (Å²) < 4.78 is 4.79. The normalized spacial score (nSPS) is 26.6. The highest BCUT2D eigenvalue weighted by atomic mass is 35.5. The van der Waals surface area contributed by atoms with E-state index in [1.807, 2.05) is 6.07 Å². The second-order valence-electron chi connectivity index (χ2n) is 5.09. The highest BCUT2D eigenvalue weighted by Gasteiger charge is 2.70. The Morgan fingerprint density at radius 3 is 3.05 bits per heavy atom. The lowest BCUT2D eigenvalue weighted by molar-refractivity contribution is -0.143. The Kier molecular flexibility index (Phi) is 2.87. The van der Waals surface area contributed by atoms with Crippen LogP contribution in [0.3, 0.4) is 0 Å². The molecule has 1 amide bonds. The second kappa shape index (κ2) is 4.35. The number of carbonyl (C=O) groups is 2. The molecule has 1 aliphatic heterocycles. The number of hydrogen-bond donors (Lipinski definition) is 0. The lowest BCUT2D eigenvalue weighted by Crippen LogP contribution is -2.34. The minimum atomic E-state index is -0.830. The van der Waals surface area contributed by atoms with Gasteiger partial charge in [-0.25, -0.2) is 0 Å². The van der Waals surface area contributed by atoms with Gasteiger partial charge in [-0.2, -0.15) is 0 Å². The molecule has 0 bridgehead atoms. The van der Waals surface area contributed by atoms with Crippen molar-refractivity contribution in [2.24, 2.45) is 5.92 Å². The Morgan fingerprint density at radius 1 is 1.65 bits per heavy atom. The number of halogens is 1. The van der Waals surface area contributed by atoms with Gasteiger partial charge in [0.2, 0.25) is 5.91 Å². The van der Waals surface area contributed by atoms with Crippen LogP contribution in [0.5, 0.6) is 0 Å². The van der Waals surface area contributed by atoms with Crippen LogP contribution in [-0.2, 0) is 19.7 Å². The Balaban J connectivity index is 2.13. The van der Waals surface area contributed by atoms with Crippen LogP contribution in [0.2, 0.25) is 5.02 Å². The molecular weight excluding hydrogens is 278 g/mol. The minimum absolute atomic E-state index is 0.0871. The minimum Gasteiger partial charge on any atom is -0.469 e. The molecule has 2 aliphatic rings. The van der Waals surface area contributed by atoms with E-state index in [0.717, 1.165) is 11.3 Å². The number of ether oxygens (including phenoxy) is 1. The fourth-order valence-corrected chi connectivity index (χ4v) is 3.49. The standard InChI is InChI=1S/C15H14ClNO3/c1-3-7-17-11-6-4-5-10(16)12(11)15(14(17)19)8-9(15)13(18)20-2/h3-6,9H,1,7-8H2,2H3. The van der Waals surface area contributed by atoms with Crippen LogP contribution in [0, 0.1) is 5.92 Å². The second-order valence-corrected chi connectivity index (χ2v) is 5.50. The Morgan fingerprint density at radius 2 is 2.40 bits per heavy atom. The molecule has 0 N–H and O–H groups in total. The molecule has 1 saturated carbocycles. The van der Waals surface area contributed by atoms with Crippen molar-refractivity contribution >= 4 is 29.2 Å². The summed E-state index contributed by atoms with van der Waals surface area (Å²) in [4.78, 5) is 26.2. The van der Waals surface area contributed by atoms with Gasteiger partial charge in [0.05, 0.1) is 18.4 Å². The summed E-state index contributed by atoms with van der Waals surface area (Å²) in [7, 11) is 1.34. The summed E-state index contributed by atoms with van der Waals surface area (Å²) in [6.45, 7) is 4.08. The molecule has 20 heavy (non-hydrogen) atoms. The van der Waals surface area contributed by atoms with Crippen molar-refractivity contribution in [1.82, 2.24) is 0 Å². The quantitative estimate of drug-likeness (QED) is 0.634. The SMILES string of the molecule is C=CCN1C(=O)C2(CC2C(=O)OC)c2c(Cl)cccc21. The van der Waals surface area contributed by atoms with Gasteiger partial charge in [0.15, 0.2) is 0 Å². The van der Waals surface area contributed by atoms with Gasteiger partial charge in [0.25, 0.3) is 0 Å². The molecule has 3 rings (SSSR count). The van der Waals surface area contributed by atoms with Gasteiger partial charge < -0.3 is 9.64 Å². The van der Waals surface area contributed by atoms with Crippen LogP contribution >= 0.6 is 11.6 Å². The lowest BCUT2D eigenvalue weighted by Gasteiger charge is -2.15. The Labute approximate surface area is 122 Å². The number of amides is 1. The summed E-state index contributed by atoms with van der Waals surface area (Å²) in [6, 6.07) is 5.41. The molecule has 2 unspecified atom stereocenters. The highest BCUT2D eigenvalue weighted by molar-refractivity contribution is 6.33. The number of fused-ring (bicyclic) bond motifs is 2. The van der Waals surface area contributed by atoms with Gasteiger partial charge in [0, 0.05) is 22.8 Å². The fraction of sp³-hybridized carbons (Fsp3) is 0.333. The van der Waals surface area contributed by atoms with Crippen molar-refractivity contribution in [2.75, 3.05) is 18.6 Å². The summed E-state index contributed by atoms with van der Waals surface area (Å²) in [5.74, 6) is -0.881. The predicted molar refractivity (Wildman–Crippen MR) is 75.8 cm³/mol. The lowest BCUT2D eigenvalue weighted by atomic mass is 9.94. The zero-order valence-electron chi connectivity index (χ0n) is 11.1. The first-order valence-electron chi connectivity index (χ1n) is 6.37. The van der Waals surface area contributed by atoms with Crippen LogP contribution in [0.4, 0.5) is 5.69 Å². The first kappa shape index (κ1) is 13.2. The molecule has 1 heterocycles. The number of rotatable bonds is 3. The number of anilines is 1. The monoisotopic (exact) mass is 291 g/mol. The first-order chi connectivity index (χ1) is 9.57. The molecule has 0 saturated heterocycles. The van der Waals surface area contributed by atoms with Gasteiger partial charge in [-0.05, 0) is 18.6 Å². The van der Waals surface area contributed by atoms with E-state index >= 15 is 0 Å². The maximum Gasteiger partial charge on any atom is 0.310 e. The smallest absolute Gasteiger partial charge is 0.310 e. The summed E-state index contributed by atoms with van der Waals surface area (Å²) in [5, 5.41) is 0.522. The van der Waals surface area contributed by atoms with Crippen molar-refractivity contribution in [3.05, 3.63) is 41.4 Å². The molecule has 104 valence electrons. The number of esters is 1. The van der Waals surface area contributed by atoms with E-state index in [1.54, 1.807) is 23.1 Å². The van der Waals surface area contributed by atoms with Crippen LogP contribution in [-0.4, -0.2) is 25.5 Å². The molecule has 0 aromatic heterocycles.